The van der Waals surface area contributed by atoms with Crippen LogP contribution in [0.1, 0.15) is 87.2 Å². The van der Waals surface area contributed by atoms with Crippen LogP contribution in [0.15, 0.2) is 77.7 Å². The number of hydrogen-bond acceptors (Lipinski definition) is 6. The summed E-state index contributed by atoms with van der Waals surface area (Å²) in [5, 5.41) is 4.43. The van der Waals surface area contributed by atoms with Gasteiger partial charge in [0.05, 0.1) is 22.5 Å². The van der Waals surface area contributed by atoms with Crippen LogP contribution in [0.3, 0.4) is 0 Å². The van der Waals surface area contributed by atoms with E-state index in [9.17, 15) is 22.8 Å². The predicted molar refractivity (Wildman–Crippen MR) is 196 cm³/mol. The zero-order valence-electron chi connectivity index (χ0n) is 30.1. The van der Waals surface area contributed by atoms with Crippen molar-refractivity contribution in [3.63, 3.8) is 0 Å². The molecule has 10 heteroatoms. The summed E-state index contributed by atoms with van der Waals surface area (Å²) in [7, 11) is 2.15. The van der Waals surface area contributed by atoms with Crippen LogP contribution < -0.4 is 5.32 Å². The van der Waals surface area contributed by atoms with E-state index in [1.807, 2.05) is 23.3 Å². The lowest BCUT2D eigenvalue weighted by atomic mass is 9.96. The Morgan fingerprint density at radius 3 is 2.35 bits per heavy atom. The maximum atomic E-state index is 12.8. The van der Waals surface area contributed by atoms with Gasteiger partial charge in [-0.05, 0) is 74.1 Å². The third kappa shape index (κ3) is 11.5. The SMILES string of the molecule is C=C1C=CC(N2CCN(C)CC2)=CN1/C(=C\C(C)CC)C(C)=O.CCc1scc(C(=O)Nc2cccc(C(F)(F)F)c2)c1CCC(C)CC. The third-order valence-corrected chi connectivity index (χ3v) is 10.3. The summed E-state index contributed by atoms with van der Waals surface area (Å²) in [4.78, 5) is 32.6. The molecule has 49 heavy (non-hydrogen) atoms. The fraction of sp³-hybridized carbons (Fsp3) is 0.487. The van der Waals surface area contributed by atoms with Gasteiger partial charge in [0, 0.05) is 60.9 Å². The van der Waals surface area contributed by atoms with E-state index >= 15 is 0 Å². The van der Waals surface area contributed by atoms with Crippen molar-refractivity contribution in [3.05, 3.63) is 99.3 Å². The lowest BCUT2D eigenvalue weighted by molar-refractivity contribution is -0.137. The minimum absolute atomic E-state index is 0.0794. The van der Waals surface area contributed by atoms with Crippen LogP contribution in [0.4, 0.5) is 18.9 Å². The largest absolute Gasteiger partial charge is 0.416 e. The van der Waals surface area contributed by atoms with Gasteiger partial charge in [-0.15, -0.1) is 11.3 Å². The number of carbonyl (C=O) groups excluding carboxylic acids is 2. The minimum atomic E-state index is -4.43. The quantitative estimate of drug-likeness (QED) is 0.224. The maximum absolute atomic E-state index is 12.8. The van der Waals surface area contributed by atoms with E-state index in [-0.39, 0.29) is 17.4 Å². The van der Waals surface area contributed by atoms with Gasteiger partial charge in [0.25, 0.3) is 5.91 Å². The highest BCUT2D eigenvalue weighted by Crippen LogP contribution is 2.32. The molecule has 4 rings (SSSR count). The fourth-order valence-corrected chi connectivity index (χ4v) is 6.53. The molecule has 0 saturated carbocycles. The first-order chi connectivity index (χ1) is 23.2. The number of thiophene rings is 1. The molecule has 1 saturated heterocycles. The molecule has 2 atom stereocenters. The molecule has 1 aromatic carbocycles. The highest BCUT2D eigenvalue weighted by atomic mass is 32.1. The number of hydrogen-bond donors (Lipinski definition) is 1. The number of rotatable bonds is 12. The van der Waals surface area contributed by atoms with Gasteiger partial charge in [0.2, 0.25) is 0 Å². The molecular formula is C39H53F3N4O2S. The number of likely N-dealkylation sites (N-methyl/N-ethyl adjacent to an activating group) is 1. The van der Waals surface area contributed by atoms with Gasteiger partial charge in [-0.3, -0.25) is 9.59 Å². The zero-order chi connectivity index (χ0) is 36.3. The fourth-order valence-electron chi connectivity index (χ4n) is 5.50. The van der Waals surface area contributed by atoms with Crippen molar-refractivity contribution >= 4 is 28.7 Å². The molecule has 1 amide bonds. The Balaban J connectivity index is 0.000000267. The third-order valence-electron chi connectivity index (χ3n) is 9.17. The molecule has 3 heterocycles. The average molecular weight is 699 g/mol. The first kappa shape index (κ1) is 39.8. The molecule has 0 radical (unpaired) electrons. The number of anilines is 1. The molecule has 0 spiro atoms. The summed E-state index contributed by atoms with van der Waals surface area (Å²) in [5.41, 5.74) is 3.71. The van der Waals surface area contributed by atoms with E-state index in [4.69, 9.17) is 0 Å². The molecule has 2 unspecified atom stereocenters. The van der Waals surface area contributed by atoms with E-state index < -0.39 is 11.7 Å². The van der Waals surface area contributed by atoms with Crippen LogP contribution in [0.5, 0.6) is 0 Å². The van der Waals surface area contributed by atoms with E-state index in [2.05, 4.69) is 74.8 Å². The number of benzene rings is 1. The van der Waals surface area contributed by atoms with Crippen LogP contribution in [-0.4, -0.2) is 59.6 Å². The normalized spacial score (nSPS) is 16.9. The molecule has 6 nitrogen and oxygen atoms in total. The zero-order valence-corrected chi connectivity index (χ0v) is 30.9. The second kappa shape index (κ2) is 18.4. The van der Waals surface area contributed by atoms with Crippen LogP contribution >= 0.6 is 11.3 Å². The number of carbonyl (C=O) groups is 2. The van der Waals surface area contributed by atoms with Crippen molar-refractivity contribution in [2.75, 3.05) is 38.5 Å². The molecule has 1 fully saturated rings. The van der Waals surface area contributed by atoms with Crippen molar-refractivity contribution in [2.45, 2.75) is 79.8 Å². The number of piperazine rings is 1. The number of amides is 1. The Hall–Kier alpha value is -3.63. The average Bonchev–Trinajstić information content (AvgIpc) is 3.50. The summed E-state index contributed by atoms with van der Waals surface area (Å²) in [5.74, 6) is 0.669. The van der Waals surface area contributed by atoms with Gasteiger partial charge in [0.1, 0.15) is 0 Å². The van der Waals surface area contributed by atoms with Crippen LogP contribution in [-0.2, 0) is 23.8 Å². The Morgan fingerprint density at radius 1 is 1.06 bits per heavy atom. The van der Waals surface area contributed by atoms with E-state index in [0.717, 1.165) is 93.1 Å². The van der Waals surface area contributed by atoms with Gasteiger partial charge in [-0.2, -0.15) is 13.2 Å². The van der Waals surface area contributed by atoms with Crippen molar-refractivity contribution in [2.24, 2.45) is 11.8 Å². The van der Waals surface area contributed by atoms with Crippen molar-refractivity contribution < 1.29 is 22.8 Å². The molecule has 2 aromatic rings. The van der Waals surface area contributed by atoms with Gasteiger partial charge < -0.3 is 20.0 Å². The highest BCUT2D eigenvalue weighted by molar-refractivity contribution is 7.10. The second-order valence-electron chi connectivity index (χ2n) is 13.0. The Kier molecular flexibility index (Phi) is 14.9. The number of ketones is 1. The van der Waals surface area contributed by atoms with Crippen LogP contribution in [0, 0.1) is 11.8 Å². The molecule has 2 aliphatic heterocycles. The standard InChI is InChI=1S/C20H24F3NOS.C19H29N3O/c1-4-13(3)9-10-16-17(12-26-18(16)5-2)19(25)24-15-8-6-7-14(11-15)20(21,22)23;1-6-15(2)13-19(17(4)23)22-14-18(8-7-16(22)3)21-11-9-20(5)10-12-21/h6-8,11-13H,4-5,9-10H2,1-3H3,(H,24,25);7-8,13-15H,3,6,9-12H2,1-2,4-5H3/b;19-13-. The van der Waals surface area contributed by atoms with E-state index in [1.165, 1.54) is 17.0 Å². The Bertz CT molecular complexity index is 1530. The first-order valence-corrected chi connectivity index (χ1v) is 18.2. The van der Waals surface area contributed by atoms with Gasteiger partial charge in [-0.1, -0.05) is 66.2 Å². The van der Waals surface area contributed by atoms with Crippen molar-refractivity contribution in [1.82, 2.24) is 14.7 Å². The summed E-state index contributed by atoms with van der Waals surface area (Å²) < 4.78 is 38.5. The van der Waals surface area contributed by atoms with Crippen LogP contribution in [0.2, 0.25) is 0 Å². The smallest absolute Gasteiger partial charge is 0.368 e. The Morgan fingerprint density at radius 2 is 1.76 bits per heavy atom. The minimum Gasteiger partial charge on any atom is -0.368 e. The highest BCUT2D eigenvalue weighted by Gasteiger charge is 2.30. The lowest BCUT2D eigenvalue weighted by Crippen LogP contribution is -2.44. The van der Waals surface area contributed by atoms with E-state index in [1.54, 1.807) is 18.3 Å². The molecule has 1 N–H and O–H groups in total. The number of allylic oxidation sites excluding steroid dienone is 4. The van der Waals surface area contributed by atoms with Gasteiger partial charge >= 0.3 is 6.18 Å². The van der Waals surface area contributed by atoms with Gasteiger partial charge in [0.15, 0.2) is 5.78 Å². The molecule has 268 valence electrons. The number of aryl methyl sites for hydroxylation is 1. The van der Waals surface area contributed by atoms with Crippen molar-refractivity contribution in [3.8, 4) is 0 Å². The molecule has 0 bridgehead atoms. The van der Waals surface area contributed by atoms with E-state index in [0.29, 0.717) is 17.4 Å². The predicted octanol–water partition coefficient (Wildman–Crippen LogP) is 9.54. The molecule has 2 aliphatic rings. The number of alkyl halides is 3. The maximum Gasteiger partial charge on any atom is 0.416 e. The lowest BCUT2D eigenvalue weighted by Gasteiger charge is -2.37. The summed E-state index contributed by atoms with van der Waals surface area (Å²) in [6.45, 7) is 20.5. The number of Topliss-reactive ketones (excluding diaryl/α,β-unsaturated/α-hetero) is 1. The molecule has 0 aliphatic carbocycles. The number of nitrogens with zero attached hydrogens (tertiary/aromatic N) is 3. The topological polar surface area (TPSA) is 55.9 Å². The summed E-state index contributed by atoms with van der Waals surface area (Å²) in [6, 6.07) is 4.73. The second-order valence-corrected chi connectivity index (χ2v) is 14.0. The Labute approximate surface area is 295 Å². The monoisotopic (exact) mass is 698 g/mol. The van der Waals surface area contributed by atoms with Crippen LogP contribution in [0.25, 0.3) is 0 Å². The summed E-state index contributed by atoms with van der Waals surface area (Å²) in [6.07, 6.45) is 8.54. The molecule has 1 aromatic heterocycles. The number of halogens is 3. The molecular weight excluding hydrogens is 646 g/mol. The first-order valence-electron chi connectivity index (χ1n) is 17.3. The summed E-state index contributed by atoms with van der Waals surface area (Å²) >= 11 is 1.54. The van der Waals surface area contributed by atoms with Crippen molar-refractivity contribution in [1.29, 1.82) is 0 Å². The van der Waals surface area contributed by atoms with Gasteiger partial charge in [-0.25, -0.2) is 0 Å². The number of nitrogens with one attached hydrogen (secondary N) is 1.